The molecule has 0 amide bonds. The second-order valence-corrected chi connectivity index (χ2v) is 21.8. The van der Waals surface area contributed by atoms with Crippen molar-refractivity contribution >= 4 is 39.5 Å². The molecule has 420 valence electrons. The van der Waals surface area contributed by atoms with E-state index in [1.54, 1.807) is 0 Å². The number of aliphatic hydroxyl groups is 1. The maximum Gasteiger partial charge on any atom is 0.472 e. The number of rotatable bonds is 53. The second kappa shape index (κ2) is 47.8. The van der Waals surface area contributed by atoms with Gasteiger partial charge >= 0.3 is 39.5 Å². The lowest BCUT2D eigenvalue weighted by atomic mass is 10.1. The van der Waals surface area contributed by atoms with Crippen LogP contribution in [0.2, 0.25) is 0 Å². The number of unbranched alkanes of at least 4 members (excludes halogenated alkanes) is 27. The summed E-state index contributed by atoms with van der Waals surface area (Å²) < 4.78 is 67.2. The van der Waals surface area contributed by atoms with Crippen LogP contribution in [0.25, 0.3) is 0 Å². The normalized spacial score (nSPS) is 14.5. The predicted molar refractivity (Wildman–Crippen MR) is 275 cm³/mol. The van der Waals surface area contributed by atoms with E-state index < -0.39 is 97.5 Å². The zero-order valence-corrected chi connectivity index (χ0v) is 46.5. The number of esters is 4. The van der Waals surface area contributed by atoms with E-state index in [2.05, 4.69) is 27.7 Å². The molecule has 0 bridgehead atoms. The van der Waals surface area contributed by atoms with Gasteiger partial charge in [-0.1, -0.05) is 201 Å². The zero-order valence-electron chi connectivity index (χ0n) is 44.7. The molecule has 0 aromatic carbocycles. The van der Waals surface area contributed by atoms with Crippen LogP contribution in [0.4, 0.5) is 0 Å². The average molecular weight is 1060 g/mol. The number of hydrogen-bond donors (Lipinski definition) is 3. The minimum atomic E-state index is -4.92. The predicted octanol–water partition coefficient (Wildman–Crippen LogP) is 13.3. The van der Waals surface area contributed by atoms with E-state index in [1.165, 1.54) is 51.4 Å². The fourth-order valence-electron chi connectivity index (χ4n) is 7.51. The van der Waals surface area contributed by atoms with Crippen molar-refractivity contribution < 1.29 is 80.2 Å². The molecule has 5 atom stereocenters. The van der Waals surface area contributed by atoms with Gasteiger partial charge in [0.2, 0.25) is 0 Å². The van der Waals surface area contributed by atoms with Crippen molar-refractivity contribution in [3.63, 3.8) is 0 Å². The van der Waals surface area contributed by atoms with Crippen molar-refractivity contribution in [1.82, 2.24) is 0 Å². The topological polar surface area (TPSA) is 237 Å². The Kier molecular flexibility index (Phi) is 46.4. The second-order valence-electron chi connectivity index (χ2n) is 18.9. The zero-order chi connectivity index (χ0) is 52.7. The summed E-state index contributed by atoms with van der Waals surface area (Å²) in [6, 6.07) is 0. The Labute approximate surface area is 428 Å². The molecule has 0 saturated carbocycles. The molecule has 3 N–H and O–H groups in total. The van der Waals surface area contributed by atoms with Gasteiger partial charge in [-0.3, -0.25) is 37.3 Å². The Balaban J connectivity index is 5.18. The molecule has 2 unspecified atom stereocenters. The third-order valence-electron chi connectivity index (χ3n) is 11.9. The summed E-state index contributed by atoms with van der Waals surface area (Å²) in [6.45, 7) is 4.68. The van der Waals surface area contributed by atoms with Gasteiger partial charge in [-0.25, -0.2) is 9.13 Å². The Morgan fingerprint density at radius 2 is 0.563 bits per heavy atom. The summed E-state index contributed by atoms with van der Waals surface area (Å²) in [4.78, 5) is 71.3. The number of ether oxygens (including phenoxy) is 4. The van der Waals surface area contributed by atoms with Gasteiger partial charge in [0.1, 0.15) is 19.3 Å². The van der Waals surface area contributed by atoms with Crippen LogP contribution in [-0.2, 0) is 65.4 Å². The molecule has 0 radical (unpaired) electrons. The molecular weight excluding hydrogens is 959 g/mol. The summed E-state index contributed by atoms with van der Waals surface area (Å²) in [5.41, 5.74) is 0. The molecule has 71 heavy (non-hydrogen) atoms. The lowest BCUT2D eigenvalue weighted by molar-refractivity contribution is -0.161. The van der Waals surface area contributed by atoms with Crippen LogP contribution in [0.15, 0.2) is 0 Å². The van der Waals surface area contributed by atoms with Gasteiger partial charge in [0.05, 0.1) is 26.4 Å². The monoisotopic (exact) mass is 1060 g/mol. The van der Waals surface area contributed by atoms with Gasteiger partial charge in [-0.05, 0) is 25.7 Å². The van der Waals surface area contributed by atoms with Gasteiger partial charge in [-0.2, -0.15) is 0 Å². The van der Waals surface area contributed by atoms with Gasteiger partial charge in [0, 0.05) is 25.7 Å². The van der Waals surface area contributed by atoms with E-state index in [4.69, 9.17) is 37.0 Å². The van der Waals surface area contributed by atoms with Crippen LogP contribution < -0.4 is 0 Å². The maximum atomic E-state index is 12.8. The van der Waals surface area contributed by atoms with Crippen LogP contribution >= 0.6 is 15.6 Å². The first-order chi connectivity index (χ1) is 34.2. The molecule has 0 aromatic heterocycles. The lowest BCUT2D eigenvalue weighted by Gasteiger charge is -2.21. The van der Waals surface area contributed by atoms with E-state index in [0.717, 1.165) is 122 Å². The summed E-state index contributed by atoms with van der Waals surface area (Å²) >= 11 is 0. The molecule has 0 aliphatic carbocycles. The van der Waals surface area contributed by atoms with Crippen LogP contribution in [0.3, 0.4) is 0 Å². The van der Waals surface area contributed by atoms with Crippen molar-refractivity contribution in [2.75, 3.05) is 39.6 Å². The Morgan fingerprint density at radius 3 is 0.831 bits per heavy atom. The standard InChI is InChI=1S/C52H100O17P2/c1-5-9-13-17-21-25-29-33-37-50(55)63-43-48(69-52(57)39-35-31-27-23-19-15-11-7-3)45-67-71(60,61)65-41-46(53)40-64-70(58,59)66-44-47(42-62-49(54)36-32-28-24-20-16-12-8-4)68-51(56)38-34-30-26-22-18-14-10-6-2/h46-48,53H,5-45H2,1-4H3,(H,58,59)(H,60,61)/t46-,47+,48+/m0/s1. The molecule has 19 heteroatoms. The highest BCUT2D eigenvalue weighted by atomic mass is 31.2. The smallest absolute Gasteiger partial charge is 0.462 e. The van der Waals surface area contributed by atoms with Gasteiger partial charge < -0.3 is 33.8 Å². The largest absolute Gasteiger partial charge is 0.472 e. The molecule has 0 saturated heterocycles. The van der Waals surface area contributed by atoms with Crippen LogP contribution in [0, 0.1) is 0 Å². The van der Waals surface area contributed by atoms with Gasteiger partial charge in [0.15, 0.2) is 12.2 Å². The Hall–Kier alpha value is -1.94. The van der Waals surface area contributed by atoms with Crippen molar-refractivity contribution in [3.8, 4) is 0 Å². The number of carbonyl (C=O) groups is 4. The highest BCUT2D eigenvalue weighted by Crippen LogP contribution is 2.45. The first-order valence-electron chi connectivity index (χ1n) is 27.8. The fraction of sp³-hybridized carbons (Fsp3) is 0.923. The Bertz CT molecular complexity index is 1400. The summed E-state index contributed by atoms with van der Waals surface area (Å²) in [5, 5.41) is 10.4. The fourth-order valence-corrected chi connectivity index (χ4v) is 9.09. The molecular formula is C52H100O17P2. The molecule has 17 nitrogen and oxygen atoms in total. The van der Waals surface area contributed by atoms with Crippen LogP contribution in [-0.4, -0.2) is 96.7 Å². The van der Waals surface area contributed by atoms with Crippen LogP contribution in [0.5, 0.6) is 0 Å². The SMILES string of the molecule is CCCCCCCCCCC(=O)OC[C@H](COP(=O)(O)OC[C@@H](O)COP(=O)(O)OC[C@@H](COC(=O)CCCCCCCCC)OC(=O)CCCCCCCCCC)OC(=O)CCCCCCCCCC. The third-order valence-corrected chi connectivity index (χ3v) is 13.8. The number of hydrogen-bond acceptors (Lipinski definition) is 15. The summed E-state index contributed by atoms with van der Waals surface area (Å²) in [5.74, 6) is -2.16. The first kappa shape index (κ1) is 69.1. The maximum absolute atomic E-state index is 12.8. The number of phosphoric ester groups is 2. The minimum Gasteiger partial charge on any atom is -0.462 e. The molecule has 0 aliphatic rings. The third kappa shape index (κ3) is 47.5. The highest BCUT2D eigenvalue weighted by Gasteiger charge is 2.30. The molecule has 0 aliphatic heterocycles. The number of carbonyl (C=O) groups excluding carboxylic acids is 4. The minimum absolute atomic E-state index is 0.105. The first-order valence-corrected chi connectivity index (χ1v) is 30.8. The van der Waals surface area contributed by atoms with E-state index in [0.29, 0.717) is 25.7 Å². The number of aliphatic hydroxyl groups excluding tert-OH is 1. The summed E-state index contributed by atoms with van der Waals surface area (Å²) in [7, 11) is -9.84. The van der Waals surface area contributed by atoms with Gasteiger partial charge in [0.25, 0.3) is 0 Å². The average Bonchev–Trinajstić information content (AvgIpc) is 3.34. The highest BCUT2D eigenvalue weighted by molar-refractivity contribution is 7.47. The van der Waals surface area contributed by atoms with Crippen molar-refractivity contribution in [2.24, 2.45) is 0 Å². The van der Waals surface area contributed by atoms with Crippen molar-refractivity contribution in [2.45, 2.75) is 271 Å². The summed E-state index contributed by atoms with van der Waals surface area (Å²) in [6.07, 6.45) is 28.2. The van der Waals surface area contributed by atoms with E-state index in [-0.39, 0.29) is 25.7 Å². The van der Waals surface area contributed by atoms with Crippen molar-refractivity contribution in [1.29, 1.82) is 0 Å². The van der Waals surface area contributed by atoms with Crippen molar-refractivity contribution in [3.05, 3.63) is 0 Å². The van der Waals surface area contributed by atoms with Crippen LogP contribution in [0.1, 0.15) is 252 Å². The number of phosphoric acid groups is 2. The van der Waals surface area contributed by atoms with E-state index >= 15 is 0 Å². The Morgan fingerprint density at radius 1 is 0.338 bits per heavy atom. The molecule has 0 heterocycles. The van der Waals surface area contributed by atoms with E-state index in [9.17, 15) is 43.2 Å². The quantitative estimate of drug-likeness (QED) is 0.0222. The lowest BCUT2D eigenvalue weighted by Crippen LogP contribution is -2.30. The van der Waals surface area contributed by atoms with E-state index in [1.807, 2.05) is 0 Å². The molecule has 0 spiro atoms. The molecule has 0 fully saturated rings. The van der Waals surface area contributed by atoms with Gasteiger partial charge in [-0.15, -0.1) is 0 Å². The molecule has 0 aromatic rings. The molecule has 0 rings (SSSR count).